The Balaban J connectivity index is 2.37. The summed E-state index contributed by atoms with van der Waals surface area (Å²) in [5.41, 5.74) is 3.17. The predicted molar refractivity (Wildman–Crippen MR) is 70.4 cm³/mol. The normalized spacial score (nSPS) is 11.2. The van der Waals surface area contributed by atoms with Gasteiger partial charge in [0.2, 0.25) is 0 Å². The summed E-state index contributed by atoms with van der Waals surface area (Å²) in [6, 6.07) is 10.1. The summed E-state index contributed by atoms with van der Waals surface area (Å²) in [5.74, 6) is 0.923. The molecule has 0 aliphatic rings. The fraction of sp³-hybridized carbons (Fsp3) is 0.143. The van der Waals surface area contributed by atoms with Crippen LogP contribution in [0.5, 0.6) is 0 Å². The first-order chi connectivity index (χ1) is 8.31. The molecule has 3 aromatic rings. The van der Waals surface area contributed by atoms with E-state index < -0.39 is 0 Å². The maximum atomic E-state index is 5.85. The Morgan fingerprint density at radius 3 is 2.65 bits per heavy atom. The van der Waals surface area contributed by atoms with Gasteiger partial charge in [-0.3, -0.25) is 0 Å². The first kappa shape index (κ1) is 10.5. The van der Waals surface area contributed by atoms with Crippen molar-refractivity contribution in [1.29, 1.82) is 0 Å². The summed E-state index contributed by atoms with van der Waals surface area (Å²) in [6.07, 6.45) is 3.74. The van der Waals surface area contributed by atoms with E-state index in [1.165, 1.54) is 0 Å². The predicted octanol–water partition coefficient (Wildman–Crippen LogP) is 4.72. The van der Waals surface area contributed by atoms with Crippen molar-refractivity contribution in [3.63, 3.8) is 0 Å². The number of benzene rings is 1. The van der Waals surface area contributed by atoms with E-state index in [4.69, 9.17) is 8.83 Å². The van der Waals surface area contributed by atoms with E-state index in [0.29, 0.717) is 0 Å². The highest BCUT2D eigenvalue weighted by atomic mass is 32.2. The third-order valence-electron chi connectivity index (χ3n) is 2.88. The fourth-order valence-electron chi connectivity index (χ4n) is 2.07. The van der Waals surface area contributed by atoms with E-state index in [-0.39, 0.29) is 0 Å². The number of para-hydroxylation sites is 1. The maximum absolute atomic E-state index is 5.85. The van der Waals surface area contributed by atoms with E-state index >= 15 is 0 Å². The molecule has 2 nitrogen and oxygen atoms in total. The Kier molecular flexibility index (Phi) is 2.48. The summed E-state index contributed by atoms with van der Waals surface area (Å²) in [5, 5.41) is 2.08. The van der Waals surface area contributed by atoms with Gasteiger partial charge in [-0.05, 0) is 25.3 Å². The van der Waals surface area contributed by atoms with Gasteiger partial charge in [-0.2, -0.15) is 0 Å². The minimum absolute atomic E-state index is 0.923. The van der Waals surface area contributed by atoms with Crippen LogP contribution in [0.1, 0.15) is 5.76 Å². The molecular weight excluding hydrogens is 232 g/mol. The zero-order valence-corrected chi connectivity index (χ0v) is 10.5. The number of furan rings is 2. The van der Waals surface area contributed by atoms with Gasteiger partial charge < -0.3 is 8.83 Å². The van der Waals surface area contributed by atoms with Gasteiger partial charge in [-0.15, -0.1) is 0 Å². The number of aryl methyl sites for hydroxylation is 1. The van der Waals surface area contributed by atoms with Crippen LogP contribution in [0, 0.1) is 6.92 Å². The highest BCUT2D eigenvalue weighted by molar-refractivity contribution is 7.98. The lowest BCUT2D eigenvalue weighted by molar-refractivity contribution is 0.516. The number of fused-ring (bicyclic) bond motifs is 1. The van der Waals surface area contributed by atoms with Crippen LogP contribution in [0.15, 0.2) is 50.5 Å². The summed E-state index contributed by atoms with van der Waals surface area (Å²) < 4.78 is 11.2. The van der Waals surface area contributed by atoms with E-state index in [1.807, 2.05) is 37.4 Å². The van der Waals surface area contributed by atoms with Gasteiger partial charge in [0.05, 0.1) is 6.26 Å². The van der Waals surface area contributed by atoms with Crippen LogP contribution >= 0.6 is 11.8 Å². The van der Waals surface area contributed by atoms with Gasteiger partial charge in [0.25, 0.3) is 0 Å². The van der Waals surface area contributed by atoms with Gasteiger partial charge in [0.15, 0.2) is 5.09 Å². The van der Waals surface area contributed by atoms with Crippen molar-refractivity contribution in [2.75, 3.05) is 6.26 Å². The number of hydrogen-bond acceptors (Lipinski definition) is 3. The standard InChI is InChI=1S/C14H12O2S/c1-9-10(7-8-15-9)13-11-5-3-4-6-12(11)16-14(13)17-2/h3-8H,1-2H3. The monoisotopic (exact) mass is 244 g/mol. The van der Waals surface area contributed by atoms with Crippen LogP contribution in [0.2, 0.25) is 0 Å². The SMILES string of the molecule is CSc1oc2ccccc2c1-c1ccoc1C. The molecule has 0 N–H and O–H groups in total. The topological polar surface area (TPSA) is 26.3 Å². The van der Waals surface area contributed by atoms with Gasteiger partial charge >= 0.3 is 0 Å². The molecule has 0 atom stereocenters. The van der Waals surface area contributed by atoms with Crippen LogP contribution in [0.25, 0.3) is 22.1 Å². The molecular formula is C14H12O2S. The Morgan fingerprint density at radius 1 is 1.12 bits per heavy atom. The van der Waals surface area contributed by atoms with Crippen LogP contribution < -0.4 is 0 Å². The first-order valence-corrected chi connectivity index (χ1v) is 6.63. The molecule has 0 saturated carbocycles. The lowest BCUT2D eigenvalue weighted by Gasteiger charge is -1.98. The van der Waals surface area contributed by atoms with Crippen molar-refractivity contribution in [3.05, 3.63) is 42.4 Å². The zero-order valence-electron chi connectivity index (χ0n) is 9.69. The molecule has 17 heavy (non-hydrogen) atoms. The third-order valence-corrected chi connectivity index (χ3v) is 3.53. The molecule has 0 aliphatic heterocycles. The van der Waals surface area contributed by atoms with Gasteiger partial charge in [0, 0.05) is 16.5 Å². The van der Waals surface area contributed by atoms with Crippen molar-refractivity contribution < 1.29 is 8.83 Å². The van der Waals surface area contributed by atoms with Gasteiger partial charge in [-0.1, -0.05) is 30.0 Å². The van der Waals surface area contributed by atoms with Crippen molar-refractivity contribution in [1.82, 2.24) is 0 Å². The van der Waals surface area contributed by atoms with Crippen molar-refractivity contribution in [2.45, 2.75) is 12.0 Å². The number of rotatable bonds is 2. The molecule has 0 amide bonds. The van der Waals surface area contributed by atoms with Crippen LogP contribution in [0.4, 0.5) is 0 Å². The molecule has 2 heterocycles. The smallest absolute Gasteiger partial charge is 0.169 e. The maximum Gasteiger partial charge on any atom is 0.169 e. The van der Waals surface area contributed by atoms with Crippen LogP contribution in [0.3, 0.4) is 0 Å². The second-order valence-electron chi connectivity index (χ2n) is 3.86. The number of hydrogen-bond donors (Lipinski definition) is 0. The molecule has 3 rings (SSSR count). The minimum Gasteiger partial charge on any atom is -0.469 e. The van der Waals surface area contributed by atoms with E-state index in [0.717, 1.165) is 32.9 Å². The zero-order chi connectivity index (χ0) is 11.8. The molecule has 86 valence electrons. The van der Waals surface area contributed by atoms with E-state index in [9.17, 15) is 0 Å². The number of thioether (sulfide) groups is 1. The lowest BCUT2D eigenvalue weighted by Crippen LogP contribution is -1.77. The van der Waals surface area contributed by atoms with Crippen LogP contribution in [-0.4, -0.2) is 6.26 Å². The second-order valence-corrected chi connectivity index (χ2v) is 4.63. The molecule has 0 spiro atoms. The third kappa shape index (κ3) is 1.58. The van der Waals surface area contributed by atoms with E-state index in [1.54, 1.807) is 18.0 Å². The first-order valence-electron chi connectivity index (χ1n) is 5.41. The average Bonchev–Trinajstić information content (AvgIpc) is 2.91. The summed E-state index contributed by atoms with van der Waals surface area (Å²) >= 11 is 1.62. The molecule has 0 radical (unpaired) electrons. The molecule has 0 unspecified atom stereocenters. The molecule has 0 aliphatic carbocycles. The Hall–Kier alpha value is -1.61. The minimum atomic E-state index is 0.923. The van der Waals surface area contributed by atoms with Crippen molar-refractivity contribution in [3.8, 4) is 11.1 Å². The average molecular weight is 244 g/mol. The molecule has 0 fully saturated rings. The quantitative estimate of drug-likeness (QED) is 0.610. The molecule has 1 aromatic carbocycles. The molecule has 2 aromatic heterocycles. The van der Waals surface area contributed by atoms with E-state index in [2.05, 4.69) is 6.07 Å². The molecule has 3 heteroatoms. The summed E-state index contributed by atoms with van der Waals surface area (Å²) in [4.78, 5) is 0. The Morgan fingerprint density at radius 2 is 1.94 bits per heavy atom. The summed E-state index contributed by atoms with van der Waals surface area (Å²) in [7, 11) is 0. The van der Waals surface area contributed by atoms with Crippen molar-refractivity contribution >= 4 is 22.7 Å². The van der Waals surface area contributed by atoms with Crippen LogP contribution in [-0.2, 0) is 0 Å². The lowest BCUT2D eigenvalue weighted by atomic mass is 10.1. The molecule has 0 saturated heterocycles. The largest absolute Gasteiger partial charge is 0.469 e. The summed E-state index contributed by atoms with van der Waals surface area (Å²) in [6.45, 7) is 1.97. The van der Waals surface area contributed by atoms with Gasteiger partial charge in [-0.25, -0.2) is 0 Å². The van der Waals surface area contributed by atoms with Gasteiger partial charge in [0.1, 0.15) is 11.3 Å². The van der Waals surface area contributed by atoms with Crippen molar-refractivity contribution in [2.24, 2.45) is 0 Å². The Labute approximate surface area is 104 Å². The fourth-order valence-corrected chi connectivity index (χ4v) is 2.66. The highest BCUT2D eigenvalue weighted by Gasteiger charge is 2.17. The second kappa shape index (κ2) is 4.00. The molecule has 0 bridgehead atoms. The highest BCUT2D eigenvalue weighted by Crippen LogP contribution is 2.40. The Bertz CT molecular complexity index is 664.